The quantitative estimate of drug-likeness (QED) is 0.386. The van der Waals surface area contributed by atoms with Gasteiger partial charge in [-0.15, -0.1) is 10.2 Å². The Labute approximate surface area is 178 Å². The third kappa shape index (κ3) is 4.86. The first-order valence-electron chi connectivity index (χ1n) is 9.12. The van der Waals surface area contributed by atoms with Crippen LogP contribution in [0.15, 0.2) is 53.7 Å². The van der Waals surface area contributed by atoms with E-state index < -0.39 is 0 Å². The van der Waals surface area contributed by atoms with Crippen LogP contribution in [0, 0.1) is 5.82 Å². The Morgan fingerprint density at radius 3 is 2.28 bits per heavy atom. The van der Waals surface area contributed by atoms with E-state index in [9.17, 15) is 9.18 Å². The lowest BCUT2D eigenvalue weighted by molar-refractivity contribution is 0.0994. The minimum atomic E-state index is -0.387. The van der Waals surface area contributed by atoms with Gasteiger partial charge in [0.15, 0.2) is 16.8 Å². The van der Waals surface area contributed by atoms with Gasteiger partial charge in [-0.25, -0.2) is 4.39 Å². The summed E-state index contributed by atoms with van der Waals surface area (Å²) in [6, 6.07) is 13.0. The second-order valence-corrected chi connectivity index (χ2v) is 8.67. The van der Waals surface area contributed by atoms with Gasteiger partial charge in [-0.05, 0) is 76.5 Å². The molecule has 0 aliphatic carbocycles. The average Bonchev–Trinajstić information content (AvgIpc) is 3.11. The van der Waals surface area contributed by atoms with Gasteiger partial charge >= 0.3 is 0 Å². The van der Waals surface area contributed by atoms with Crippen molar-refractivity contribution in [2.75, 3.05) is 14.1 Å². The molecule has 0 saturated heterocycles. The Morgan fingerprint density at radius 2 is 1.69 bits per heavy atom. The van der Waals surface area contributed by atoms with Gasteiger partial charge < -0.3 is 0 Å². The predicted molar refractivity (Wildman–Crippen MR) is 115 cm³/mol. The lowest BCUT2D eigenvalue weighted by atomic mass is 10.1. The molecule has 152 valence electrons. The van der Waals surface area contributed by atoms with Gasteiger partial charge in [0.25, 0.3) is 0 Å². The van der Waals surface area contributed by atoms with Crippen molar-refractivity contribution in [3.8, 4) is 5.69 Å². The number of nitrogens with zero attached hydrogens (tertiary/aromatic N) is 4. The van der Waals surface area contributed by atoms with Crippen molar-refractivity contribution in [3.05, 3.63) is 70.8 Å². The smallest absolute Gasteiger partial charge is 0.196 e. The predicted octanol–water partition coefficient (Wildman–Crippen LogP) is 5.05. The zero-order chi connectivity index (χ0) is 21.1. The van der Waals surface area contributed by atoms with Crippen LogP contribution in [-0.4, -0.2) is 44.8 Å². The molecule has 0 spiro atoms. The van der Waals surface area contributed by atoms with Crippen LogP contribution in [0.5, 0.6) is 0 Å². The van der Waals surface area contributed by atoms with Crippen LogP contribution >= 0.6 is 23.4 Å². The fourth-order valence-electron chi connectivity index (χ4n) is 2.75. The second kappa shape index (κ2) is 9.07. The summed E-state index contributed by atoms with van der Waals surface area (Å²) < 4.78 is 15.3. The molecule has 0 aliphatic heterocycles. The minimum Gasteiger partial charge on any atom is -0.300 e. The number of ketones is 1. The first-order chi connectivity index (χ1) is 13.8. The minimum absolute atomic E-state index is 0.0239. The van der Waals surface area contributed by atoms with Crippen molar-refractivity contribution in [1.82, 2.24) is 19.7 Å². The number of aromatic nitrogens is 3. The number of Topliss-reactive ketones (excluding diaryl/α,β-unsaturated/α-hetero) is 1. The molecule has 1 heterocycles. The normalized spacial score (nSPS) is 13.5. The molecular formula is C21H22ClFN4OS. The molecule has 0 radical (unpaired) electrons. The molecule has 2 aromatic carbocycles. The average molecular weight is 433 g/mol. The zero-order valence-electron chi connectivity index (χ0n) is 16.6. The Hall–Kier alpha value is -2.22. The largest absolute Gasteiger partial charge is 0.300 e. The van der Waals surface area contributed by atoms with Gasteiger partial charge in [0.1, 0.15) is 5.82 Å². The van der Waals surface area contributed by atoms with E-state index in [0.717, 1.165) is 11.5 Å². The molecule has 1 aromatic heterocycles. The number of rotatable bonds is 7. The number of hydrogen-bond donors (Lipinski definition) is 0. The van der Waals surface area contributed by atoms with E-state index in [1.54, 1.807) is 36.4 Å². The van der Waals surface area contributed by atoms with Crippen LogP contribution in [0.25, 0.3) is 5.69 Å². The van der Waals surface area contributed by atoms with E-state index in [4.69, 9.17) is 11.6 Å². The zero-order valence-corrected chi connectivity index (χ0v) is 18.2. The topological polar surface area (TPSA) is 51.0 Å². The molecule has 0 aliphatic rings. The van der Waals surface area contributed by atoms with Crippen LogP contribution in [0.4, 0.5) is 4.39 Å². The standard InChI is InChI=1S/C21H22ClFN4OS/c1-13(26(3)4)20-24-25-21(27(20)18-11-9-17(23)10-12-18)29-14(2)19(28)15-5-7-16(22)8-6-15/h5-14H,1-4H3/t13-,14-/m0/s1. The number of benzene rings is 2. The second-order valence-electron chi connectivity index (χ2n) is 6.92. The highest BCUT2D eigenvalue weighted by Gasteiger charge is 2.25. The third-order valence-corrected chi connectivity index (χ3v) is 5.97. The summed E-state index contributed by atoms with van der Waals surface area (Å²) in [5, 5.41) is 9.47. The fourth-order valence-corrected chi connectivity index (χ4v) is 3.83. The first kappa shape index (κ1) is 21.5. The number of halogens is 2. The molecule has 0 saturated carbocycles. The Balaban J connectivity index is 1.95. The van der Waals surface area contributed by atoms with Crippen LogP contribution in [0.1, 0.15) is 36.1 Å². The molecule has 3 aromatic rings. The van der Waals surface area contributed by atoms with E-state index >= 15 is 0 Å². The van der Waals surface area contributed by atoms with Gasteiger partial charge in [0.2, 0.25) is 0 Å². The highest BCUT2D eigenvalue weighted by atomic mass is 35.5. The Bertz CT molecular complexity index is 989. The maximum Gasteiger partial charge on any atom is 0.196 e. The van der Waals surface area contributed by atoms with Crippen LogP contribution < -0.4 is 0 Å². The molecule has 0 fully saturated rings. The lowest BCUT2D eigenvalue weighted by Crippen LogP contribution is -2.21. The van der Waals surface area contributed by atoms with Crippen molar-refractivity contribution >= 4 is 29.1 Å². The fraction of sp³-hybridized carbons (Fsp3) is 0.286. The monoisotopic (exact) mass is 432 g/mol. The highest BCUT2D eigenvalue weighted by molar-refractivity contribution is 8.00. The van der Waals surface area contributed by atoms with Crippen LogP contribution in [0.2, 0.25) is 5.02 Å². The van der Waals surface area contributed by atoms with Crippen molar-refractivity contribution < 1.29 is 9.18 Å². The number of carbonyl (C=O) groups is 1. The molecule has 29 heavy (non-hydrogen) atoms. The van der Waals surface area contributed by atoms with Crippen molar-refractivity contribution in [2.24, 2.45) is 0 Å². The summed E-state index contributed by atoms with van der Waals surface area (Å²) in [7, 11) is 3.90. The molecule has 8 heteroatoms. The maximum absolute atomic E-state index is 13.4. The van der Waals surface area contributed by atoms with Gasteiger partial charge in [0.05, 0.1) is 11.3 Å². The van der Waals surface area contributed by atoms with Crippen LogP contribution in [-0.2, 0) is 0 Å². The van der Waals surface area contributed by atoms with E-state index in [2.05, 4.69) is 10.2 Å². The molecule has 0 unspecified atom stereocenters. The maximum atomic E-state index is 13.4. The third-order valence-electron chi connectivity index (χ3n) is 4.67. The number of thioether (sulfide) groups is 1. The molecular weight excluding hydrogens is 411 g/mol. The lowest BCUT2D eigenvalue weighted by Gasteiger charge is -2.21. The SMILES string of the molecule is C[C@H](Sc1nnc([C@H](C)N(C)C)n1-c1ccc(F)cc1)C(=O)c1ccc(Cl)cc1. The summed E-state index contributed by atoms with van der Waals surface area (Å²) in [6.45, 7) is 3.85. The molecule has 0 amide bonds. The van der Waals surface area contributed by atoms with Gasteiger partial charge in [-0.3, -0.25) is 14.3 Å². The van der Waals surface area contributed by atoms with E-state index in [-0.39, 0.29) is 22.9 Å². The van der Waals surface area contributed by atoms with Crippen molar-refractivity contribution in [3.63, 3.8) is 0 Å². The summed E-state index contributed by atoms with van der Waals surface area (Å²) in [4.78, 5) is 14.8. The summed E-state index contributed by atoms with van der Waals surface area (Å²) >= 11 is 7.24. The van der Waals surface area contributed by atoms with Crippen molar-refractivity contribution in [1.29, 1.82) is 0 Å². The summed E-state index contributed by atoms with van der Waals surface area (Å²) in [5.41, 5.74) is 1.33. The molecule has 3 rings (SSSR count). The van der Waals surface area contributed by atoms with Gasteiger partial charge in [-0.2, -0.15) is 0 Å². The van der Waals surface area contributed by atoms with E-state index in [1.807, 2.05) is 37.4 Å². The summed E-state index contributed by atoms with van der Waals surface area (Å²) in [5.74, 6) is 0.377. The molecule has 0 N–H and O–H groups in total. The number of hydrogen-bond acceptors (Lipinski definition) is 5. The highest BCUT2D eigenvalue weighted by Crippen LogP contribution is 2.30. The molecule has 5 nitrogen and oxygen atoms in total. The Kier molecular flexibility index (Phi) is 6.72. The van der Waals surface area contributed by atoms with Gasteiger partial charge in [-0.1, -0.05) is 23.4 Å². The van der Waals surface area contributed by atoms with Gasteiger partial charge in [0, 0.05) is 16.3 Å². The summed E-state index contributed by atoms with van der Waals surface area (Å²) in [6.07, 6.45) is 0. The Morgan fingerprint density at radius 1 is 1.07 bits per heavy atom. The number of carbonyl (C=O) groups excluding carboxylic acids is 1. The van der Waals surface area contributed by atoms with E-state index in [1.165, 1.54) is 23.9 Å². The van der Waals surface area contributed by atoms with Crippen LogP contribution in [0.3, 0.4) is 0 Å². The van der Waals surface area contributed by atoms with E-state index in [0.29, 0.717) is 15.7 Å². The van der Waals surface area contributed by atoms with Crippen molar-refractivity contribution in [2.45, 2.75) is 30.3 Å². The molecule has 0 bridgehead atoms. The molecule has 2 atom stereocenters. The first-order valence-corrected chi connectivity index (χ1v) is 10.4.